The Labute approximate surface area is 127 Å². The molecule has 0 atom stereocenters. The summed E-state index contributed by atoms with van der Waals surface area (Å²) in [5.74, 6) is -0.0163. The Morgan fingerprint density at radius 1 is 1.24 bits per heavy atom. The maximum atomic E-state index is 11.4. The van der Waals surface area contributed by atoms with E-state index in [0.29, 0.717) is 0 Å². The SMILES string of the molecule is CNS(=O)(=O)Cc1ccc(NN=CCCCN(C)C)cc1. The van der Waals surface area contributed by atoms with Crippen LogP contribution in [0.1, 0.15) is 18.4 Å². The van der Waals surface area contributed by atoms with Crippen molar-refractivity contribution in [1.82, 2.24) is 9.62 Å². The first-order chi connectivity index (χ1) is 9.93. The molecule has 0 aliphatic rings. The van der Waals surface area contributed by atoms with E-state index in [9.17, 15) is 8.42 Å². The van der Waals surface area contributed by atoms with Crippen LogP contribution in [0.15, 0.2) is 29.4 Å². The van der Waals surface area contributed by atoms with Gasteiger partial charge in [-0.1, -0.05) is 12.1 Å². The smallest absolute Gasteiger partial charge is 0.215 e. The maximum Gasteiger partial charge on any atom is 0.215 e. The summed E-state index contributed by atoms with van der Waals surface area (Å²) in [7, 11) is 2.28. The molecule has 0 saturated carbocycles. The van der Waals surface area contributed by atoms with E-state index in [1.54, 1.807) is 12.1 Å². The van der Waals surface area contributed by atoms with Gasteiger partial charge in [-0.3, -0.25) is 5.43 Å². The van der Waals surface area contributed by atoms with Gasteiger partial charge < -0.3 is 4.90 Å². The number of unbranched alkanes of at least 4 members (excludes halogenated alkanes) is 1. The van der Waals surface area contributed by atoms with Crippen molar-refractivity contribution in [1.29, 1.82) is 0 Å². The molecule has 7 heteroatoms. The molecule has 0 fully saturated rings. The standard InChI is InChI=1S/C14H24N4O2S/c1-15-21(19,20)12-13-6-8-14(9-7-13)17-16-10-4-5-11-18(2)3/h6-10,15,17H,4-5,11-12H2,1-3H3. The van der Waals surface area contributed by atoms with Crippen LogP contribution in [0.25, 0.3) is 0 Å². The first kappa shape index (κ1) is 17.6. The second-order valence-electron chi connectivity index (χ2n) is 5.03. The summed E-state index contributed by atoms with van der Waals surface area (Å²) in [6, 6.07) is 7.19. The number of sulfonamides is 1. The average molecular weight is 312 g/mol. The predicted octanol–water partition coefficient (Wildman–Crippen LogP) is 1.48. The van der Waals surface area contributed by atoms with Crippen molar-refractivity contribution < 1.29 is 8.42 Å². The first-order valence-electron chi connectivity index (χ1n) is 6.85. The quantitative estimate of drug-likeness (QED) is 0.411. The molecule has 0 heterocycles. The monoisotopic (exact) mass is 312 g/mol. The zero-order chi connectivity index (χ0) is 15.7. The Bertz CT molecular complexity index is 539. The highest BCUT2D eigenvalue weighted by Gasteiger charge is 2.07. The molecule has 2 N–H and O–H groups in total. The minimum Gasteiger partial charge on any atom is -0.309 e. The van der Waals surface area contributed by atoms with Crippen LogP contribution in [0, 0.1) is 0 Å². The summed E-state index contributed by atoms with van der Waals surface area (Å²) in [4.78, 5) is 2.14. The molecule has 0 amide bonds. The van der Waals surface area contributed by atoms with E-state index >= 15 is 0 Å². The van der Waals surface area contributed by atoms with E-state index in [-0.39, 0.29) is 5.75 Å². The number of anilines is 1. The van der Waals surface area contributed by atoms with Crippen LogP contribution in [-0.4, -0.2) is 47.2 Å². The largest absolute Gasteiger partial charge is 0.309 e. The molecule has 1 aromatic carbocycles. The molecule has 0 unspecified atom stereocenters. The topological polar surface area (TPSA) is 73.8 Å². The molecular formula is C14H24N4O2S. The number of hydrazone groups is 1. The number of hydrogen-bond acceptors (Lipinski definition) is 5. The molecule has 118 valence electrons. The minimum absolute atomic E-state index is 0.0163. The van der Waals surface area contributed by atoms with Crippen LogP contribution in [0.5, 0.6) is 0 Å². The lowest BCUT2D eigenvalue weighted by molar-refractivity contribution is 0.404. The Morgan fingerprint density at radius 2 is 1.90 bits per heavy atom. The fourth-order valence-corrected chi connectivity index (χ4v) is 2.43. The molecule has 6 nitrogen and oxygen atoms in total. The lowest BCUT2D eigenvalue weighted by Crippen LogP contribution is -2.20. The highest BCUT2D eigenvalue weighted by Crippen LogP contribution is 2.11. The van der Waals surface area contributed by atoms with Crippen LogP contribution < -0.4 is 10.1 Å². The van der Waals surface area contributed by atoms with Crippen LogP contribution in [0.4, 0.5) is 5.69 Å². The second kappa shape index (κ2) is 8.76. The zero-order valence-electron chi connectivity index (χ0n) is 12.8. The highest BCUT2D eigenvalue weighted by atomic mass is 32.2. The highest BCUT2D eigenvalue weighted by molar-refractivity contribution is 7.88. The van der Waals surface area contributed by atoms with Crippen LogP contribution in [0.2, 0.25) is 0 Å². The molecule has 0 radical (unpaired) electrons. The third-order valence-electron chi connectivity index (χ3n) is 2.85. The van der Waals surface area contributed by atoms with E-state index in [4.69, 9.17) is 0 Å². The Hall–Kier alpha value is -1.44. The third kappa shape index (κ3) is 7.79. The normalized spacial score (nSPS) is 12.2. The first-order valence-corrected chi connectivity index (χ1v) is 8.50. The van der Waals surface area contributed by atoms with Crippen LogP contribution in [-0.2, 0) is 15.8 Å². The molecule has 0 aliphatic carbocycles. The van der Waals surface area contributed by atoms with E-state index < -0.39 is 10.0 Å². The van der Waals surface area contributed by atoms with Gasteiger partial charge in [0, 0.05) is 6.21 Å². The van der Waals surface area contributed by atoms with E-state index in [2.05, 4.69) is 20.1 Å². The van der Waals surface area contributed by atoms with Crippen molar-refractivity contribution in [3.8, 4) is 0 Å². The lowest BCUT2D eigenvalue weighted by Gasteiger charge is -2.06. The Kier molecular flexibility index (Phi) is 7.35. The van der Waals surface area contributed by atoms with Gasteiger partial charge in [0.2, 0.25) is 10.0 Å². The van der Waals surface area contributed by atoms with E-state index in [0.717, 1.165) is 30.6 Å². The number of nitrogens with one attached hydrogen (secondary N) is 2. The summed E-state index contributed by atoms with van der Waals surface area (Å²) < 4.78 is 25.1. The molecule has 1 aromatic rings. The maximum absolute atomic E-state index is 11.4. The molecule has 1 rings (SSSR count). The van der Waals surface area contributed by atoms with E-state index in [1.807, 2.05) is 32.4 Å². The summed E-state index contributed by atoms with van der Waals surface area (Å²) >= 11 is 0. The Balaban J connectivity index is 2.39. The summed E-state index contributed by atoms with van der Waals surface area (Å²) in [6.07, 6.45) is 3.84. The van der Waals surface area contributed by atoms with Gasteiger partial charge in [0.15, 0.2) is 0 Å². The van der Waals surface area contributed by atoms with Gasteiger partial charge in [0.25, 0.3) is 0 Å². The Morgan fingerprint density at radius 3 is 2.48 bits per heavy atom. The van der Waals surface area contributed by atoms with Crippen molar-refractivity contribution in [2.75, 3.05) is 33.1 Å². The van der Waals surface area contributed by atoms with E-state index in [1.165, 1.54) is 7.05 Å². The molecule has 0 saturated heterocycles. The van der Waals surface area contributed by atoms with Gasteiger partial charge in [-0.2, -0.15) is 5.10 Å². The van der Waals surface area contributed by atoms with Gasteiger partial charge in [-0.05, 0) is 58.2 Å². The van der Waals surface area contributed by atoms with Gasteiger partial charge in [-0.15, -0.1) is 0 Å². The fraction of sp³-hybridized carbons (Fsp3) is 0.500. The number of hydrogen-bond donors (Lipinski definition) is 2. The number of benzene rings is 1. The minimum atomic E-state index is -3.22. The molecular weight excluding hydrogens is 288 g/mol. The van der Waals surface area contributed by atoms with Gasteiger partial charge in [0.1, 0.15) is 0 Å². The molecule has 21 heavy (non-hydrogen) atoms. The predicted molar refractivity (Wildman–Crippen MR) is 88.0 cm³/mol. The van der Waals surface area contributed by atoms with Crippen molar-refractivity contribution in [3.05, 3.63) is 29.8 Å². The molecule has 0 aliphatic heterocycles. The summed E-state index contributed by atoms with van der Waals surface area (Å²) in [6.45, 7) is 1.04. The lowest BCUT2D eigenvalue weighted by atomic mass is 10.2. The van der Waals surface area contributed by atoms with Crippen molar-refractivity contribution in [2.24, 2.45) is 5.10 Å². The average Bonchev–Trinajstić information content (AvgIpc) is 2.44. The third-order valence-corrected chi connectivity index (χ3v) is 4.18. The van der Waals surface area contributed by atoms with Gasteiger partial charge in [-0.25, -0.2) is 13.1 Å². The number of rotatable bonds is 9. The van der Waals surface area contributed by atoms with Crippen LogP contribution in [0.3, 0.4) is 0 Å². The van der Waals surface area contributed by atoms with Gasteiger partial charge >= 0.3 is 0 Å². The van der Waals surface area contributed by atoms with Crippen LogP contribution >= 0.6 is 0 Å². The molecule has 0 bridgehead atoms. The van der Waals surface area contributed by atoms with Crippen molar-refractivity contribution >= 4 is 21.9 Å². The second-order valence-corrected chi connectivity index (χ2v) is 6.96. The van der Waals surface area contributed by atoms with Crippen molar-refractivity contribution in [2.45, 2.75) is 18.6 Å². The molecule has 0 aromatic heterocycles. The van der Waals surface area contributed by atoms with Crippen molar-refractivity contribution in [3.63, 3.8) is 0 Å². The fourth-order valence-electron chi connectivity index (χ4n) is 1.65. The summed E-state index contributed by atoms with van der Waals surface area (Å²) in [5.41, 5.74) is 4.51. The molecule has 0 spiro atoms. The van der Waals surface area contributed by atoms with Gasteiger partial charge in [0.05, 0.1) is 11.4 Å². The zero-order valence-corrected chi connectivity index (χ0v) is 13.7. The number of nitrogens with zero attached hydrogens (tertiary/aromatic N) is 2. The summed E-state index contributed by atoms with van der Waals surface area (Å²) in [5, 5.41) is 4.13.